The Balaban J connectivity index is 1.81. The maximum absolute atomic E-state index is 12.6. The molecule has 3 N–H and O–H groups in total. The summed E-state index contributed by atoms with van der Waals surface area (Å²) in [4.78, 5) is 23.5. The van der Waals surface area contributed by atoms with Crippen molar-refractivity contribution in [3.05, 3.63) is 88.9 Å². The number of nitrogens with one attached hydrogen (secondary N) is 2. The van der Waals surface area contributed by atoms with Crippen molar-refractivity contribution in [1.82, 2.24) is 0 Å². The van der Waals surface area contributed by atoms with Crippen LogP contribution in [-0.2, 0) is 10.0 Å². The Morgan fingerprint density at radius 1 is 0.862 bits per heavy atom. The van der Waals surface area contributed by atoms with E-state index in [-0.39, 0.29) is 26.7 Å². The average Bonchev–Trinajstić information content (AvgIpc) is 2.70. The number of aromatic carboxylic acids is 1. The topological polar surface area (TPSA) is 113 Å². The summed E-state index contributed by atoms with van der Waals surface area (Å²) in [5.74, 6) is -1.65. The van der Waals surface area contributed by atoms with E-state index in [1.54, 1.807) is 18.2 Å². The van der Waals surface area contributed by atoms with E-state index in [0.717, 1.165) is 0 Å². The molecule has 0 aliphatic carbocycles. The number of benzene rings is 3. The second kappa shape index (κ2) is 8.34. The Bertz CT molecular complexity index is 1160. The highest BCUT2D eigenvalue weighted by Gasteiger charge is 2.17. The minimum atomic E-state index is -3.82. The van der Waals surface area contributed by atoms with Crippen molar-refractivity contribution >= 4 is 44.9 Å². The maximum atomic E-state index is 12.6. The highest BCUT2D eigenvalue weighted by molar-refractivity contribution is 7.92. The number of sulfonamides is 1. The monoisotopic (exact) mass is 430 g/mol. The molecule has 0 spiro atoms. The van der Waals surface area contributed by atoms with Crippen molar-refractivity contribution in [2.24, 2.45) is 0 Å². The molecule has 1 amide bonds. The molecule has 0 fully saturated rings. The van der Waals surface area contributed by atoms with Crippen LogP contribution >= 0.6 is 11.6 Å². The standard InChI is InChI=1S/C20H15ClN2O5S/c21-18-11-10-15(23-29(27,28)16-4-2-1-3-5-16)12-17(18)19(24)22-14-8-6-13(7-9-14)20(25)26/h1-12,23H,(H,22,24)(H,25,26). The van der Waals surface area contributed by atoms with E-state index < -0.39 is 21.9 Å². The van der Waals surface area contributed by atoms with Crippen LogP contribution in [0.4, 0.5) is 11.4 Å². The van der Waals surface area contributed by atoms with Gasteiger partial charge in [0.1, 0.15) is 0 Å². The minimum absolute atomic E-state index is 0.0576. The molecule has 0 saturated carbocycles. The Kier molecular flexibility index (Phi) is 5.86. The van der Waals surface area contributed by atoms with Gasteiger partial charge in [0.2, 0.25) is 0 Å². The zero-order chi connectivity index (χ0) is 21.0. The molecule has 0 aliphatic rings. The quantitative estimate of drug-likeness (QED) is 0.545. The van der Waals surface area contributed by atoms with E-state index in [1.807, 2.05) is 0 Å². The van der Waals surface area contributed by atoms with Gasteiger partial charge in [0.15, 0.2) is 0 Å². The predicted octanol–water partition coefficient (Wildman–Crippen LogP) is 4.09. The zero-order valence-corrected chi connectivity index (χ0v) is 16.4. The molecular formula is C20H15ClN2O5S. The number of carboxylic acid groups (broad SMARTS) is 1. The van der Waals surface area contributed by atoms with Crippen molar-refractivity contribution < 1.29 is 23.1 Å². The van der Waals surface area contributed by atoms with Crippen LogP contribution in [-0.4, -0.2) is 25.4 Å². The van der Waals surface area contributed by atoms with Gasteiger partial charge in [-0.2, -0.15) is 0 Å². The van der Waals surface area contributed by atoms with E-state index in [0.29, 0.717) is 5.69 Å². The molecular weight excluding hydrogens is 416 g/mol. The van der Waals surface area contributed by atoms with Crippen molar-refractivity contribution in [2.75, 3.05) is 10.0 Å². The lowest BCUT2D eigenvalue weighted by atomic mass is 10.1. The molecule has 3 aromatic rings. The molecule has 9 heteroatoms. The van der Waals surface area contributed by atoms with Gasteiger partial charge in [0, 0.05) is 11.4 Å². The summed E-state index contributed by atoms with van der Waals surface area (Å²) in [6.45, 7) is 0. The van der Waals surface area contributed by atoms with E-state index in [4.69, 9.17) is 16.7 Å². The first kappa shape index (κ1) is 20.4. The molecule has 3 aromatic carbocycles. The van der Waals surface area contributed by atoms with E-state index in [1.165, 1.54) is 54.6 Å². The first-order valence-corrected chi connectivity index (χ1v) is 10.1. The molecule has 148 valence electrons. The highest BCUT2D eigenvalue weighted by atomic mass is 35.5. The SMILES string of the molecule is O=C(O)c1ccc(NC(=O)c2cc(NS(=O)(=O)c3ccccc3)ccc2Cl)cc1. The third kappa shape index (κ3) is 4.92. The number of anilines is 2. The zero-order valence-electron chi connectivity index (χ0n) is 14.8. The second-order valence-electron chi connectivity index (χ2n) is 5.95. The van der Waals surface area contributed by atoms with Gasteiger partial charge in [-0.25, -0.2) is 13.2 Å². The summed E-state index contributed by atoms with van der Waals surface area (Å²) in [6.07, 6.45) is 0. The molecule has 0 aromatic heterocycles. The molecule has 0 bridgehead atoms. The number of hydrogen-bond donors (Lipinski definition) is 3. The summed E-state index contributed by atoms with van der Waals surface area (Å²) in [5.41, 5.74) is 0.677. The normalized spacial score (nSPS) is 10.9. The molecule has 0 atom stereocenters. The summed E-state index contributed by atoms with van der Waals surface area (Å²) in [7, 11) is -3.82. The second-order valence-corrected chi connectivity index (χ2v) is 8.04. The largest absolute Gasteiger partial charge is 0.478 e. The molecule has 0 aliphatic heterocycles. The number of rotatable bonds is 6. The summed E-state index contributed by atoms with van der Waals surface area (Å²) in [5, 5.41) is 11.6. The van der Waals surface area contributed by atoms with Crippen LogP contribution in [0.2, 0.25) is 5.02 Å². The average molecular weight is 431 g/mol. The van der Waals surface area contributed by atoms with Crippen molar-refractivity contribution in [2.45, 2.75) is 4.90 Å². The lowest BCUT2D eigenvalue weighted by Crippen LogP contribution is -2.15. The van der Waals surface area contributed by atoms with Gasteiger partial charge < -0.3 is 10.4 Å². The maximum Gasteiger partial charge on any atom is 0.335 e. The van der Waals surface area contributed by atoms with E-state index >= 15 is 0 Å². The number of carbonyl (C=O) groups is 2. The molecule has 0 saturated heterocycles. The van der Waals surface area contributed by atoms with Gasteiger partial charge in [0.05, 0.1) is 21.0 Å². The fourth-order valence-electron chi connectivity index (χ4n) is 2.47. The van der Waals surface area contributed by atoms with Gasteiger partial charge in [-0.15, -0.1) is 0 Å². The van der Waals surface area contributed by atoms with E-state index in [2.05, 4.69) is 10.0 Å². The summed E-state index contributed by atoms with van der Waals surface area (Å²) in [6, 6.07) is 17.6. The highest BCUT2D eigenvalue weighted by Crippen LogP contribution is 2.24. The Hall–Kier alpha value is -3.36. The minimum Gasteiger partial charge on any atom is -0.478 e. The van der Waals surface area contributed by atoms with Gasteiger partial charge >= 0.3 is 5.97 Å². The lowest BCUT2D eigenvalue weighted by molar-refractivity contribution is 0.0696. The Morgan fingerprint density at radius 2 is 1.48 bits per heavy atom. The van der Waals surface area contributed by atoms with Crippen molar-refractivity contribution in [3.63, 3.8) is 0 Å². The van der Waals surface area contributed by atoms with Gasteiger partial charge in [-0.3, -0.25) is 9.52 Å². The first-order chi connectivity index (χ1) is 13.8. The van der Waals surface area contributed by atoms with Gasteiger partial charge in [0.25, 0.3) is 15.9 Å². The number of carboxylic acids is 1. The van der Waals surface area contributed by atoms with E-state index in [9.17, 15) is 18.0 Å². The molecule has 29 heavy (non-hydrogen) atoms. The Labute approximate surface area is 172 Å². The molecule has 0 unspecified atom stereocenters. The fourth-order valence-corrected chi connectivity index (χ4v) is 3.74. The summed E-state index contributed by atoms with van der Waals surface area (Å²) < 4.78 is 27.3. The third-order valence-corrected chi connectivity index (χ3v) is 5.63. The van der Waals surface area contributed by atoms with Crippen molar-refractivity contribution in [3.8, 4) is 0 Å². The van der Waals surface area contributed by atoms with Crippen LogP contribution in [0, 0.1) is 0 Å². The molecule has 7 nitrogen and oxygen atoms in total. The van der Waals surface area contributed by atoms with Gasteiger partial charge in [-0.05, 0) is 54.6 Å². The molecule has 0 heterocycles. The van der Waals surface area contributed by atoms with Crippen LogP contribution in [0.5, 0.6) is 0 Å². The Morgan fingerprint density at radius 3 is 2.10 bits per heavy atom. The molecule has 0 radical (unpaired) electrons. The van der Waals surface area contributed by atoms with Crippen molar-refractivity contribution in [1.29, 1.82) is 0 Å². The summed E-state index contributed by atoms with van der Waals surface area (Å²) >= 11 is 6.10. The number of amides is 1. The fraction of sp³-hybridized carbons (Fsp3) is 0. The van der Waals surface area contributed by atoms with Crippen LogP contribution in [0.15, 0.2) is 77.7 Å². The molecule has 3 rings (SSSR count). The lowest BCUT2D eigenvalue weighted by Gasteiger charge is -2.11. The van der Waals surface area contributed by atoms with Crippen LogP contribution in [0.25, 0.3) is 0 Å². The smallest absolute Gasteiger partial charge is 0.335 e. The van der Waals surface area contributed by atoms with Crippen LogP contribution in [0.1, 0.15) is 20.7 Å². The predicted molar refractivity (Wildman–Crippen MR) is 110 cm³/mol. The number of hydrogen-bond acceptors (Lipinski definition) is 4. The van der Waals surface area contributed by atoms with Crippen LogP contribution in [0.3, 0.4) is 0 Å². The number of halogens is 1. The first-order valence-electron chi connectivity index (χ1n) is 8.28. The van der Waals surface area contributed by atoms with Crippen LogP contribution < -0.4 is 10.0 Å². The third-order valence-electron chi connectivity index (χ3n) is 3.91. The number of carbonyl (C=O) groups excluding carboxylic acids is 1. The van der Waals surface area contributed by atoms with Gasteiger partial charge in [-0.1, -0.05) is 29.8 Å².